The van der Waals surface area contributed by atoms with Crippen LogP contribution < -0.4 is 5.32 Å². The van der Waals surface area contributed by atoms with Gasteiger partial charge in [0.25, 0.3) is 5.91 Å². The van der Waals surface area contributed by atoms with Crippen LogP contribution in [0.4, 0.5) is 15.8 Å². The molecular weight excluding hydrogens is 414 g/mol. The van der Waals surface area contributed by atoms with E-state index in [2.05, 4.69) is 5.32 Å². The van der Waals surface area contributed by atoms with Crippen molar-refractivity contribution in [3.8, 4) is 0 Å². The Morgan fingerprint density at radius 1 is 1.33 bits per heavy atom. The molecule has 0 spiro atoms. The van der Waals surface area contributed by atoms with Crippen LogP contribution in [0.25, 0.3) is 0 Å². The number of nitrogens with one attached hydrogen (secondary N) is 1. The number of hydrogen-bond acceptors (Lipinski definition) is 3. The molecule has 2 aromatic carbocycles. The first-order valence-electron chi connectivity index (χ1n) is 5.59. The predicted molar refractivity (Wildman–Crippen MR) is 85.2 cm³/mol. The quantitative estimate of drug-likeness (QED) is 0.458. The number of anilines is 1. The van der Waals surface area contributed by atoms with Crippen LogP contribution in [0, 0.1) is 19.5 Å². The van der Waals surface area contributed by atoms with Gasteiger partial charge in [0.15, 0.2) is 0 Å². The number of rotatable bonds is 3. The highest BCUT2D eigenvalue weighted by atomic mass is 127. The Bertz CT molecular complexity index is 739. The zero-order valence-corrected chi connectivity index (χ0v) is 13.2. The second kappa shape index (κ2) is 6.35. The first kappa shape index (κ1) is 15.6. The van der Waals surface area contributed by atoms with Crippen molar-refractivity contribution in [1.29, 1.82) is 0 Å². The molecule has 0 unspecified atom stereocenters. The van der Waals surface area contributed by atoms with Crippen LogP contribution in [0.2, 0.25) is 5.02 Å². The first-order chi connectivity index (χ1) is 9.90. The minimum Gasteiger partial charge on any atom is -0.321 e. The van der Waals surface area contributed by atoms with Gasteiger partial charge in [0.2, 0.25) is 0 Å². The highest BCUT2D eigenvalue weighted by Gasteiger charge is 2.24. The number of halogens is 3. The lowest BCUT2D eigenvalue weighted by Gasteiger charge is -2.08. The van der Waals surface area contributed by atoms with Crippen molar-refractivity contribution < 1.29 is 14.1 Å². The maximum absolute atomic E-state index is 13.0. The van der Waals surface area contributed by atoms with Crippen LogP contribution in [0.15, 0.2) is 36.4 Å². The molecule has 0 aliphatic carbocycles. The Morgan fingerprint density at radius 2 is 2.05 bits per heavy atom. The zero-order chi connectivity index (χ0) is 15.6. The van der Waals surface area contributed by atoms with Gasteiger partial charge in [0.05, 0.1) is 10.6 Å². The van der Waals surface area contributed by atoms with Gasteiger partial charge in [0.1, 0.15) is 16.4 Å². The molecule has 2 rings (SSSR count). The van der Waals surface area contributed by atoms with Gasteiger partial charge in [-0.3, -0.25) is 14.9 Å². The van der Waals surface area contributed by atoms with Crippen LogP contribution >= 0.6 is 34.2 Å². The standard InChI is InChI=1S/C13H7ClFIN2O3/c14-9-3-1-2-8(12(9)18(20)21)13(19)17-11-5-4-7(15)6-10(11)16/h1-6H,(H,17,19). The van der Waals surface area contributed by atoms with Gasteiger partial charge in [-0.25, -0.2) is 4.39 Å². The molecule has 0 saturated heterocycles. The molecule has 5 nitrogen and oxygen atoms in total. The van der Waals surface area contributed by atoms with E-state index in [9.17, 15) is 19.3 Å². The lowest BCUT2D eigenvalue weighted by Crippen LogP contribution is -2.15. The number of nitro groups is 1. The minimum absolute atomic E-state index is 0.124. The Labute approximate surface area is 137 Å². The lowest BCUT2D eigenvalue weighted by atomic mass is 10.1. The molecular formula is C13H7ClFIN2O3. The molecule has 0 atom stereocenters. The second-order valence-corrected chi connectivity index (χ2v) is 5.54. The molecule has 0 fully saturated rings. The van der Waals surface area contributed by atoms with Crippen LogP contribution in [-0.2, 0) is 0 Å². The maximum Gasteiger partial charge on any atom is 0.300 e. The van der Waals surface area contributed by atoms with Crippen molar-refractivity contribution in [1.82, 2.24) is 0 Å². The fourth-order valence-electron chi connectivity index (χ4n) is 1.66. The van der Waals surface area contributed by atoms with E-state index in [4.69, 9.17) is 11.6 Å². The van der Waals surface area contributed by atoms with Gasteiger partial charge in [-0.1, -0.05) is 17.7 Å². The molecule has 0 aromatic heterocycles. The monoisotopic (exact) mass is 420 g/mol. The van der Waals surface area contributed by atoms with Crippen LogP contribution in [0.1, 0.15) is 10.4 Å². The van der Waals surface area contributed by atoms with Crippen molar-refractivity contribution in [2.75, 3.05) is 5.32 Å². The van der Waals surface area contributed by atoms with E-state index in [1.54, 1.807) is 0 Å². The molecule has 0 bridgehead atoms. The summed E-state index contributed by atoms with van der Waals surface area (Å²) < 4.78 is 13.5. The zero-order valence-electron chi connectivity index (χ0n) is 10.3. The van der Waals surface area contributed by atoms with Gasteiger partial charge in [-0.2, -0.15) is 0 Å². The van der Waals surface area contributed by atoms with E-state index in [1.807, 2.05) is 22.6 Å². The minimum atomic E-state index is -0.715. The molecule has 0 heterocycles. The Kier molecular flexibility index (Phi) is 4.73. The molecule has 21 heavy (non-hydrogen) atoms. The summed E-state index contributed by atoms with van der Waals surface area (Å²) in [7, 11) is 0. The third-order valence-electron chi connectivity index (χ3n) is 2.59. The molecule has 0 saturated carbocycles. The number of para-hydroxylation sites is 1. The van der Waals surface area contributed by atoms with Crippen molar-refractivity contribution in [3.05, 3.63) is 66.5 Å². The average Bonchev–Trinajstić information content (AvgIpc) is 2.41. The molecule has 108 valence electrons. The van der Waals surface area contributed by atoms with Crippen molar-refractivity contribution >= 4 is 51.5 Å². The summed E-state index contributed by atoms with van der Waals surface area (Å²) >= 11 is 7.60. The van der Waals surface area contributed by atoms with Crippen molar-refractivity contribution in [2.45, 2.75) is 0 Å². The molecule has 0 aliphatic rings. The number of nitrogens with zero attached hydrogens (tertiary/aromatic N) is 1. The summed E-state index contributed by atoms with van der Waals surface area (Å²) in [5.41, 5.74) is -0.266. The SMILES string of the molecule is O=C(Nc1ccc(F)cc1I)c1cccc(Cl)c1[N+](=O)[O-]. The van der Waals surface area contributed by atoms with E-state index >= 15 is 0 Å². The van der Waals surface area contributed by atoms with Crippen molar-refractivity contribution in [2.24, 2.45) is 0 Å². The number of carbonyl (C=O) groups is 1. The van der Waals surface area contributed by atoms with Gasteiger partial charge in [0, 0.05) is 3.57 Å². The third kappa shape index (κ3) is 3.48. The van der Waals surface area contributed by atoms with Crippen LogP contribution in [0.5, 0.6) is 0 Å². The average molecular weight is 421 g/mol. The summed E-state index contributed by atoms with van der Waals surface area (Å²) in [6.45, 7) is 0. The third-order valence-corrected chi connectivity index (χ3v) is 3.79. The van der Waals surface area contributed by atoms with E-state index in [1.165, 1.54) is 36.4 Å². The van der Waals surface area contributed by atoms with Gasteiger partial charge in [-0.05, 0) is 52.9 Å². The van der Waals surface area contributed by atoms with E-state index in [0.717, 1.165) is 0 Å². The maximum atomic E-state index is 13.0. The Balaban J connectivity index is 2.37. The number of carbonyl (C=O) groups excluding carboxylic acids is 1. The summed E-state index contributed by atoms with van der Waals surface area (Å²) in [5.74, 6) is -1.13. The number of nitro benzene ring substituents is 1. The predicted octanol–water partition coefficient (Wildman–Crippen LogP) is 4.24. The van der Waals surface area contributed by atoms with Crippen molar-refractivity contribution in [3.63, 3.8) is 0 Å². The van der Waals surface area contributed by atoms with E-state index in [0.29, 0.717) is 9.26 Å². The summed E-state index contributed by atoms with van der Waals surface area (Å²) in [5, 5.41) is 13.4. The highest BCUT2D eigenvalue weighted by molar-refractivity contribution is 14.1. The Morgan fingerprint density at radius 3 is 2.67 bits per heavy atom. The molecule has 0 radical (unpaired) electrons. The highest BCUT2D eigenvalue weighted by Crippen LogP contribution is 2.29. The molecule has 0 aliphatic heterocycles. The second-order valence-electron chi connectivity index (χ2n) is 3.97. The first-order valence-corrected chi connectivity index (χ1v) is 7.05. The smallest absolute Gasteiger partial charge is 0.300 e. The van der Waals surface area contributed by atoms with Gasteiger partial charge >= 0.3 is 5.69 Å². The molecule has 1 N–H and O–H groups in total. The molecule has 1 amide bonds. The van der Waals surface area contributed by atoms with E-state index in [-0.39, 0.29) is 10.6 Å². The largest absolute Gasteiger partial charge is 0.321 e. The van der Waals surface area contributed by atoms with Crippen LogP contribution in [-0.4, -0.2) is 10.8 Å². The summed E-state index contributed by atoms with van der Waals surface area (Å²) in [4.78, 5) is 22.4. The molecule has 8 heteroatoms. The van der Waals surface area contributed by atoms with Crippen LogP contribution in [0.3, 0.4) is 0 Å². The normalized spacial score (nSPS) is 10.2. The number of hydrogen-bond donors (Lipinski definition) is 1. The Hall–Kier alpha value is -1.74. The topological polar surface area (TPSA) is 72.2 Å². The summed E-state index contributed by atoms with van der Waals surface area (Å²) in [6, 6.07) is 7.88. The fraction of sp³-hybridized carbons (Fsp3) is 0. The van der Waals surface area contributed by atoms with Gasteiger partial charge in [-0.15, -0.1) is 0 Å². The van der Waals surface area contributed by atoms with E-state index < -0.39 is 22.3 Å². The number of benzene rings is 2. The fourth-order valence-corrected chi connectivity index (χ4v) is 2.52. The molecule has 2 aromatic rings. The lowest BCUT2D eigenvalue weighted by molar-refractivity contribution is -0.385. The number of amides is 1. The summed E-state index contributed by atoms with van der Waals surface area (Å²) in [6.07, 6.45) is 0. The van der Waals surface area contributed by atoms with Gasteiger partial charge < -0.3 is 5.32 Å².